The van der Waals surface area contributed by atoms with Gasteiger partial charge < -0.3 is 10.5 Å². The van der Waals surface area contributed by atoms with Crippen LogP contribution in [0.25, 0.3) is 11.0 Å². The van der Waals surface area contributed by atoms with Crippen molar-refractivity contribution in [3.8, 4) is 11.6 Å². The smallest absolute Gasteiger partial charge is 0.221 e. The second-order valence-electron chi connectivity index (χ2n) is 3.85. The first-order valence-electron chi connectivity index (χ1n) is 5.57. The van der Waals surface area contributed by atoms with Gasteiger partial charge in [-0.25, -0.2) is 4.98 Å². The lowest BCUT2D eigenvalue weighted by molar-refractivity contribution is 0.465. The van der Waals surface area contributed by atoms with Crippen molar-refractivity contribution in [2.24, 2.45) is 0 Å². The first-order chi connectivity index (χ1) is 8.81. The number of anilines is 1. The molecule has 0 fully saturated rings. The molecule has 0 aliphatic rings. The number of nitrogens with two attached hydrogens (primary N) is 1. The molecule has 3 rings (SSSR count). The quantitative estimate of drug-likeness (QED) is 0.744. The Hall–Kier alpha value is -2.62. The van der Waals surface area contributed by atoms with E-state index < -0.39 is 0 Å². The minimum absolute atomic E-state index is 0.451. The van der Waals surface area contributed by atoms with Crippen LogP contribution in [-0.2, 0) is 0 Å². The molecule has 0 radical (unpaired) electrons. The van der Waals surface area contributed by atoms with E-state index in [4.69, 9.17) is 10.5 Å². The van der Waals surface area contributed by atoms with Crippen molar-refractivity contribution in [1.82, 2.24) is 9.97 Å². The summed E-state index contributed by atoms with van der Waals surface area (Å²) in [7, 11) is 0. The normalized spacial score (nSPS) is 10.4. The Morgan fingerprint density at radius 3 is 2.44 bits per heavy atom. The molecule has 2 heterocycles. The first kappa shape index (κ1) is 10.5. The highest BCUT2D eigenvalue weighted by molar-refractivity contribution is 5.76. The van der Waals surface area contributed by atoms with E-state index in [2.05, 4.69) is 9.97 Å². The molecule has 0 amide bonds. The third-order valence-corrected chi connectivity index (χ3v) is 2.51. The van der Waals surface area contributed by atoms with Gasteiger partial charge >= 0.3 is 0 Å². The Morgan fingerprint density at radius 1 is 0.833 bits per heavy atom. The summed E-state index contributed by atoms with van der Waals surface area (Å²) in [6, 6.07) is 16.9. The van der Waals surface area contributed by atoms with E-state index in [1.807, 2.05) is 48.5 Å². The van der Waals surface area contributed by atoms with Crippen LogP contribution in [0.15, 0.2) is 54.6 Å². The first-order valence-corrected chi connectivity index (χ1v) is 5.57. The van der Waals surface area contributed by atoms with Crippen LogP contribution in [0.5, 0.6) is 11.6 Å². The van der Waals surface area contributed by atoms with Crippen LogP contribution in [0.2, 0.25) is 0 Å². The molecule has 2 N–H and O–H groups in total. The van der Waals surface area contributed by atoms with Gasteiger partial charge in [-0.2, -0.15) is 4.98 Å². The lowest BCUT2D eigenvalue weighted by atomic mass is 10.3. The Bertz CT molecular complexity index is 683. The van der Waals surface area contributed by atoms with E-state index in [9.17, 15) is 0 Å². The summed E-state index contributed by atoms with van der Waals surface area (Å²) in [6.45, 7) is 0. The highest BCUT2D eigenvalue weighted by Gasteiger charge is 2.02. The van der Waals surface area contributed by atoms with Gasteiger partial charge in [0.25, 0.3) is 0 Å². The lowest BCUT2D eigenvalue weighted by Crippen LogP contribution is -1.93. The van der Waals surface area contributed by atoms with Gasteiger partial charge in [0.2, 0.25) is 5.88 Å². The average molecular weight is 237 g/mol. The van der Waals surface area contributed by atoms with Crippen molar-refractivity contribution >= 4 is 16.9 Å². The molecular weight excluding hydrogens is 226 g/mol. The van der Waals surface area contributed by atoms with Gasteiger partial charge in [-0.15, -0.1) is 0 Å². The summed E-state index contributed by atoms with van der Waals surface area (Å²) in [5.41, 5.74) is 6.22. The molecule has 0 spiro atoms. The fourth-order valence-corrected chi connectivity index (χ4v) is 1.66. The number of rotatable bonds is 2. The van der Waals surface area contributed by atoms with Crippen LogP contribution in [-0.4, -0.2) is 9.97 Å². The standard InChI is InChI=1S/C14H11N3O/c15-12-8-6-10-7-9-13(17-14(10)16-12)18-11-4-2-1-3-5-11/h1-9H,(H2,15,16,17). The molecule has 0 aliphatic carbocycles. The van der Waals surface area contributed by atoms with Crippen LogP contribution in [0.4, 0.5) is 5.82 Å². The minimum Gasteiger partial charge on any atom is -0.439 e. The fourth-order valence-electron chi connectivity index (χ4n) is 1.66. The third kappa shape index (κ3) is 2.08. The van der Waals surface area contributed by atoms with Gasteiger partial charge in [0.05, 0.1) is 0 Å². The van der Waals surface area contributed by atoms with Crippen molar-refractivity contribution in [3.63, 3.8) is 0 Å². The van der Waals surface area contributed by atoms with E-state index >= 15 is 0 Å². The zero-order chi connectivity index (χ0) is 12.4. The van der Waals surface area contributed by atoms with E-state index in [1.165, 1.54) is 0 Å². The van der Waals surface area contributed by atoms with Crippen molar-refractivity contribution in [2.75, 3.05) is 5.73 Å². The lowest BCUT2D eigenvalue weighted by Gasteiger charge is -2.05. The Balaban J connectivity index is 1.98. The molecule has 18 heavy (non-hydrogen) atoms. The summed E-state index contributed by atoms with van der Waals surface area (Å²) in [4.78, 5) is 8.48. The van der Waals surface area contributed by atoms with Gasteiger partial charge in [0, 0.05) is 11.5 Å². The molecule has 1 aromatic carbocycles. The second-order valence-corrected chi connectivity index (χ2v) is 3.85. The predicted octanol–water partition coefficient (Wildman–Crippen LogP) is 3.00. The number of benzene rings is 1. The molecule has 4 heteroatoms. The number of aromatic nitrogens is 2. The number of fused-ring (bicyclic) bond motifs is 1. The summed E-state index contributed by atoms with van der Waals surface area (Å²) in [5.74, 6) is 1.70. The molecule has 0 saturated carbocycles. The summed E-state index contributed by atoms with van der Waals surface area (Å²) >= 11 is 0. The van der Waals surface area contributed by atoms with Gasteiger partial charge in [-0.1, -0.05) is 18.2 Å². The Kier molecular flexibility index (Phi) is 2.53. The van der Waals surface area contributed by atoms with Crippen LogP contribution < -0.4 is 10.5 Å². The second kappa shape index (κ2) is 4.33. The van der Waals surface area contributed by atoms with E-state index in [0.717, 1.165) is 11.1 Å². The molecule has 2 aromatic heterocycles. The van der Waals surface area contributed by atoms with Crippen molar-refractivity contribution in [2.45, 2.75) is 0 Å². The van der Waals surface area contributed by atoms with Gasteiger partial charge in [0.15, 0.2) is 5.65 Å². The summed E-state index contributed by atoms with van der Waals surface area (Å²) in [6.07, 6.45) is 0. The number of ether oxygens (including phenoxy) is 1. The zero-order valence-corrected chi connectivity index (χ0v) is 9.58. The SMILES string of the molecule is Nc1ccc2ccc(Oc3ccccc3)nc2n1. The Morgan fingerprint density at radius 2 is 1.61 bits per heavy atom. The predicted molar refractivity (Wildman–Crippen MR) is 70.5 cm³/mol. The van der Waals surface area contributed by atoms with E-state index in [-0.39, 0.29) is 0 Å². The highest BCUT2D eigenvalue weighted by atomic mass is 16.5. The summed E-state index contributed by atoms with van der Waals surface area (Å²) < 4.78 is 5.63. The maximum absolute atomic E-state index is 5.63. The number of pyridine rings is 2. The monoisotopic (exact) mass is 237 g/mol. The zero-order valence-electron chi connectivity index (χ0n) is 9.58. The molecule has 4 nitrogen and oxygen atoms in total. The largest absolute Gasteiger partial charge is 0.439 e. The number of hydrogen-bond acceptors (Lipinski definition) is 4. The van der Waals surface area contributed by atoms with Gasteiger partial charge in [-0.05, 0) is 30.3 Å². The maximum atomic E-state index is 5.63. The van der Waals surface area contributed by atoms with Gasteiger partial charge in [-0.3, -0.25) is 0 Å². The fraction of sp³-hybridized carbons (Fsp3) is 0. The third-order valence-electron chi connectivity index (χ3n) is 2.51. The number of para-hydroxylation sites is 1. The highest BCUT2D eigenvalue weighted by Crippen LogP contribution is 2.21. The molecule has 0 bridgehead atoms. The van der Waals surface area contributed by atoms with Crippen molar-refractivity contribution < 1.29 is 4.74 Å². The molecule has 0 saturated heterocycles. The van der Waals surface area contributed by atoms with E-state index in [1.54, 1.807) is 6.07 Å². The summed E-state index contributed by atoms with van der Waals surface area (Å²) in [5, 5.41) is 0.935. The van der Waals surface area contributed by atoms with Crippen LogP contribution in [0.1, 0.15) is 0 Å². The maximum Gasteiger partial charge on any atom is 0.221 e. The van der Waals surface area contributed by atoms with Crippen LogP contribution >= 0.6 is 0 Å². The van der Waals surface area contributed by atoms with Crippen LogP contribution in [0, 0.1) is 0 Å². The number of hydrogen-bond donors (Lipinski definition) is 1. The molecule has 0 unspecified atom stereocenters. The van der Waals surface area contributed by atoms with E-state index in [0.29, 0.717) is 17.3 Å². The Labute approximate surface area is 104 Å². The van der Waals surface area contributed by atoms with Gasteiger partial charge in [0.1, 0.15) is 11.6 Å². The molecule has 0 aliphatic heterocycles. The molecule has 88 valence electrons. The molecule has 3 aromatic rings. The average Bonchev–Trinajstić information content (AvgIpc) is 2.39. The van der Waals surface area contributed by atoms with Crippen LogP contribution in [0.3, 0.4) is 0 Å². The minimum atomic E-state index is 0.451. The number of nitrogens with zero attached hydrogens (tertiary/aromatic N) is 2. The molecule has 0 atom stereocenters. The van der Waals surface area contributed by atoms with Crippen molar-refractivity contribution in [3.05, 3.63) is 54.6 Å². The number of nitrogen functional groups attached to an aromatic ring is 1. The molecular formula is C14H11N3O. The van der Waals surface area contributed by atoms with Crippen molar-refractivity contribution in [1.29, 1.82) is 0 Å². The topological polar surface area (TPSA) is 61.0 Å².